The first-order valence-electron chi connectivity index (χ1n) is 5.45. The molecule has 0 amide bonds. The molecule has 0 radical (unpaired) electrons. The van der Waals surface area contributed by atoms with E-state index in [1.807, 2.05) is 43.3 Å². The van der Waals surface area contributed by atoms with Crippen LogP contribution in [0.15, 0.2) is 42.5 Å². The van der Waals surface area contributed by atoms with E-state index in [4.69, 9.17) is 5.73 Å². The van der Waals surface area contributed by atoms with Crippen LogP contribution in [0.25, 0.3) is 12.2 Å². The number of hydrogen-bond donors (Lipinski definition) is 1. The number of hydrogen-bond acceptors (Lipinski definition) is 1. The molecule has 2 aromatic rings. The second kappa shape index (κ2) is 4.83. The van der Waals surface area contributed by atoms with Crippen LogP contribution >= 0.6 is 0 Å². The topological polar surface area (TPSA) is 26.0 Å². The van der Waals surface area contributed by atoms with Crippen molar-refractivity contribution in [3.8, 4) is 0 Å². The van der Waals surface area contributed by atoms with E-state index in [2.05, 4.69) is 0 Å². The van der Waals surface area contributed by atoms with Crippen LogP contribution in [-0.2, 0) is 0 Å². The van der Waals surface area contributed by atoms with Crippen molar-refractivity contribution < 1.29 is 4.39 Å². The predicted molar refractivity (Wildman–Crippen MR) is 70.9 cm³/mol. The average Bonchev–Trinajstić information content (AvgIpc) is 2.33. The summed E-state index contributed by atoms with van der Waals surface area (Å²) in [6.45, 7) is 2.04. The highest BCUT2D eigenvalue weighted by atomic mass is 19.1. The minimum atomic E-state index is -0.379. The largest absolute Gasteiger partial charge is 0.396 e. The molecule has 0 atom stereocenters. The molecule has 0 unspecified atom stereocenters. The van der Waals surface area contributed by atoms with Crippen LogP contribution in [0.1, 0.15) is 16.7 Å². The Morgan fingerprint density at radius 1 is 1.00 bits per heavy atom. The lowest BCUT2D eigenvalue weighted by Gasteiger charge is -2.01. The van der Waals surface area contributed by atoms with Crippen LogP contribution in [0.4, 0.5) is 10.1 Å². The third-order valence-electron chi connectivity index (χ3n) is 2.62. The van der Waals surface area contributed by atoms with Crippen molar-refractivity contribution in [2.75, 3.05) is 5.73 Å². The first-order valence-corrected chi connectivity index (χ1v) is 5.45. The molecule has 2 N–H and O–H groups in total. The van der Waals surface area contributed by atoms with Crippen LogP contribution < -0.4 is 5.73 Å². The fourth-order valence-corrected chi connectivity index (χ4v) is 1.56. The van der Waals surface area contributed by atoms with Crippen molar-refractivity contribution in [1.29, 1.82) is 0 Å². The van der Waals surface area contributed by atoms with Crippen LogP contribution in [0, 0.1) is 12.7 Å². The van der Waals surface area contributed by atoms with E-state index in [1.54, 1.807) is 12.1 Å². The fourth-order valence-electron chi connectivity index (χ4n) is 1.56. The van der Waals surface area contributed by atoms with Gasteiger partial charge in [0.1, 0.15) is 5.82 Å². The zero-order chi connectivity index (χ0) is 12.3. The van der Waals surface area contributed by atoms with Crippen molar-refractivity contribution >= 4 is 17.8 Å². The number of anilines is 1. The Balaban J connectivity index is 2.26. The van der Waals surface area contributed by atoms with Crippen molar-refractivity contribution in [3.63, 3.8) is 0 Å². The summed E-state index contributed by atoms with van der Waals surface area (Å²) < 4.78 is 13.2. The van der Waals surface area contributed by atoms with Gasteiger partial charge < -0.3 is 5.73 Å². The summed E-state index contributed by atoms with van der Waals surface area (Å²) in [5.41, 5.74) is 8.82. The second-order valence-corrected chi connectivity index (χ2v) is 3.99. The van der Waals surface area contributed by atoms with E-state index < -0.39 is 0 Å². The number of nitrogen functional groups attached to an aromatic ring is 1. The zero-order valence-electron chi connectivity index (χ0n) is 9.65. The molecule has 86 valence electrons. The molecule has 0 saturated carbocycles. The summed E-state index contributed by atoms with van der Waals surface area (Å²) in [7, 11) is 0. The molecule has 0 aliphatic carbocycles. The number of benzene rings is 2. The lowest BCUT2D eigenvalue weighted by atomic mass is 10.1. The van der Waals surface area contributed by atoms with Crippen LogP contribution in [0.3, 0.4) is 0 Å². The van der Waals surface area contributed by atoms with Crippen molar-refractivity contribution in [1.82, 2.24) is 0 Å². The Labute approximate surface area is 100 Å². The average molecular weight is 227 g/mol. The molecular weight excluding hydrogens is 213 g/mol. The molecular formula is C15H14FN. The van der Waals surface area contributed by atoms with E-state index in [9.17, 15) is 4.39 Å². The summed E-state index contributed by atoms with van der Waals surface area (Å²) in [5.74, 6) is -0.379. The standard InChI is InChI=1S/C15H14FN/c1-11-5-7-12(8-6-11)9-10-13-3-2-4-14(16)15(13)17/h2-10H,17H2,1H3. The first kappa shape index (κ1) is 11.4. The Hall–Kier alpha value is -2.09. The number of para-hydroxylation sites is 1. The summed E-state index contributed by atoms with van der Waals surface area (Å²) in [6.07, 6.45) is 3.74. The Morgan fingerprint density at radius 3 is 2.41 bits per heavy atom. The molecule has 0 fully saturated rings. The van der Waals surface area contributed by atoms with Gasteiger partial charge in [0.05, 0.1) is 5.69 Å². The van der Waals surface area contributed by atoms with E-state index in [0.29, 0.717) is 5.56 Å². The van der Waals surface area contributed by atoms with Crippen LogP contribution in [0.5, 0.6) is 0 Å². The maximum Gasteiger partial charge on any atom is 0.146 e. The first-order chi connectivity index (χ1) is 8.16. The normalized spacial score (nSPS) is 10.9. The molecule has 17 heavy (non-hydrogen) atoms. The third kappa shape index (κ3) is 2.72. The molecule has 0 heterocycles. The van der Waals surface area contributed by atoms with Gasteiger partial charge in [-0.2, -0.15) is 0 Å². The van der Waals surface area contributed by atoms with Gasteiger partial charge in [-0.15, -0.1) is 0 Å². The summed E-state index contributed by atoms with van der Waals surface area (Å²) in [4.78, 5) is 0. The molecule has 1 nitrogen and oxygen atoms in total. The van der Waals surface area contributed by atoms with Crippen molar-refractivity contribution in [2.45, 2.75) is 6.92 Å². The number of rotatable bonds is 2. The Bertz CT molecular complexity index is 541. The Morgan fingerprint density at radius 2 is 1.71 bits per heavy atom. The summed E-state index contributed by atoms with van der Waals surface area (Å²) in [6, 6.07) is 12.9. The lowest BCUT2D eigenvalue weighted by molar-refractivity contribution is 0.632. The molecule has 0 aliphatic rings. The molecule has 0 bridgehead atoms. The minimum absolute atomic E-state index is 0.191. The smallest absolute Gasteiger partial charge is 0.146 e. The molecule has 0 aromatic heterocycles. The monoisotopic (exact) mass is 227 g/mol. The SMILES string of the molecule is Cc1ccc(C=Cc2cccc(F)c2N)cc1. The molecule has 0 aliphatic heterocycles. The van der Waals surface area contributed by atoms with Crippen LogP contribution in [-0.4, -0.2) is 0 Å². The van der Waals surface area contributed by atoms with Gasteiger partial charge in [-0.3, -0.25) is 0 Å². The van der Waals surface area contributed by atoms with Gasteiger partial charge in [0.2, 0.25) is 0 Å². The molecule has 2 heteroatoms. The Kier molecular flexibility index (Phi) is 3.24. The van der Waals surface area contributed by atoms with Gasteiger partial charge in [0, 0.05) is 5.56 Å². The lowest BCUT2D eigenvalue weighted by Crippen LogP contribution is -1.93. The number of halogens is 1. The molecule has 2 aromatic carbocycles. The minimum Gasteiger partial charge on any atom is -0.396 e. The maximum atomic E-state index is 13.2. The molecule has 0 spiro atoms. The maximum absolute atomic E-state index is 13.2. The van der Waals surface area contributed by atoms with E-state index in [-0.39, 0.29) is 11.5 Å². The van der Waals surface area contributed by atoms with Crippen molar-refractivity contribution in [3.05, 3.63) is 65.0 Å². The second-order valence-electron chi connectivity index (χ2n) is 3.99. The number of nitrogens with two attached hydrogens (primary N) is 1. The summed E-state index contributed by atoms with van der Waals surface area (Å²) >= 11 is 0. The highest BCUT2D eigenvalue weighted by Crippen LogP contribution is 2.18. The van der Waals surface area contributed by atoms with Gasteiger partial charge in [-0.25, -0.2) is 4.39 Å². The van der Waals surface area contributed by atoms with E-state index in [1.165, 1.54) is 11.6 Å². The van der Waals surface area contributed by atoms with Gasteiger partial charge in [-0.05, 0) is 18.6 Å². The third-order valence-corrected chi connectivity index (χ3v) is 2.62. The number of aryl methyl sites for hydroxylation is 1. The quantitative estimate of drug-likeness (QED) is 0.611. The fraction of sp³-hybridized carbons (Fsp3) is 0.0667. The highest BCUT2D eigenvalue weighted by molar-refractivity contribution is 5.75. The predicted octanol–water partition coefficient (Wildman–Crippen LogP) is 3.89. The van der Waals surface area contributed by atoms with E-state index >= 15 is 0 Å². The van der Waals surface area contributed by atoms with Gasteiger partial charge in [0.15, 0.2) is 0 Å². The highest BCUT2D eigenvalue weighted by Gasteiger charge is 2.00. The van der Waals surface area contributed by atoms with Gasteiger partial charge >= 0.3 is 0 Å². The van der Waals surface area contributed by atoms with Crippen LogP contribution in [0.2, 0.25) is 0 Å². The molecule has 0 saturated heterocycles. The van der Waals surface area contributed by atoms with Gasteiger partial charge in [-0.1, -0.05) is 54.1 Å². The zero-order valence-corrected chi connectivity index (χ0v) is 9.65. The molecule has 2 rings (SSSR count). The van der Waals surface area contributed by atoms with Crippen molar-refractivity contribution in [2.24, 2.45) is 0 Å². The summed E-state index contributed by atoms with van der Waals surface area (Å²) in [5, 5.41) is 0. The van der Waals surface area contributed by atoms with E-state index in [0.717, 1.165) is 5.56 Å². The van der Waals surface area contributed by atoms with Gasteiger partial charge in [0.25, 0.3) is 0 Å².